The molecule has 2 aromatic rings. The lowest BCUT2D eigenvalue weighted by molar-refractivity contribution is -0.899. The van der Waals surface area contributed by atoms with Gasteiger partial charge in [0.1, 0.15) is 0 Å². The number of hydrogen-bond donors (Lipinski definition) is 0. The molecule has 0 fully saturated rings. The van der Waals surface area contributed by atoms with E-state index in [1.54, 1.807) is 0 Å². The van der Waals surface area contributed by atoms with E-state index in [0.717, 1.165) is 0 Å². The molecule has 2 rings (SSSR count). The highest BCUT2D eigenvalue weighted by Crippen LogP contribution is 2.17. The van der Waals surface area contributed by atoms with Crippen LogP contribution >= 0.6 is 0 Å². The second kappa shape index (κ2) is 3.56. The lowest BCUT2D eigenvalue weighted by Gasteiger charge is -2.06. The molecule has 0 saturated carbocycles. The first-order chi connectivity index (χ1) is 7.61. The van der Waals surface area contributed by atoms with Crippen molar-refractivity contribution in [3.05, 3.63) is 21.8 Å². The Morgan fingerprint density at radius 2 is 1.19 bits per heavy atom. The Bertz CT molecular complexity index is 494. The minimum atomic E-state index is -0.252. The van der Waals surface area contributed by atoms with Crippen LogP contribution in [0, 0.1) is 24.3 Å². The molecule has 0 atom stereocenters. The van der Waals surface area contributed by atoms with E-state index in [0.29, 0.717) is 0 Å². The third-order valence-corrected chi connectivity index (χ3v) is 1.78. The van der Waals surface area contributed by atoms with Crippen LogP contribution in [-0.4, -0.2) is 30.3 Å². The van der Waals surface area contributed by atoms with Gasteiger partial charge in [0.25, 0.3) is 0 Å². The van der Waals surface area contributed by atoms with Gasteiger partial charge in [-0.15, -0.1) is 9.26 Å². The predicted molar refractivity (Wildman–Crippen MR) is 44.6 cm³/mol. The van der Waals surface area contributed by atoms with Crippen LogP contribution < -0.4 is 0 Å². The molecule has 10 heteroatoms. The standard InChI is InChI=1S/C6H6N6O4/c1-3-5(9-15-7-3)11(13)12(14)6-4(2)8-16-10-6/h1-2H3/b12-11+. The Morgan fingerprint density at radius 3 is 1.44 bits per heavy atom. The molecule has 16 heavy (non-hydrogen) atoms. The molecule has 2 heterocycles. The van der Waals surface area contributed by atoms with E-state index in [-0.39, 0.29) is 32.7 Å². The third kappa shape index (κ3) is 1.45. The van der Waals surface area contributed by atoms with Crippen molar-refractivity contribution in [2.24, 2.45) is 0 Å². The van der Waals surface area contributed by atoms with Gasteiger partial charge in [-0.1, -0.05) is 9.72 Å². The van der Waals surface area contributed by atoms with Crippen LogP contribution in [0.1, 0.15) is 11.4 Å². The van der Waals surface area contributed by atoms with E-state index in [9.17, 15) is 10.4 Å². The van der Waals surface area contributed by atoms with Gasteiger partial charge in [0.2, 0.25) is 0 Å². The molecule has 84 valence electrons. The summed E-state index contributed by atoms with van der Waals surface area (Å²) in [6.45, 7) is 2.94. The van der Waals surface area contributed by atoms with Crippen molar-refractivity contribution in [2.45, 2.75) is 13.8 Å². The second-order valence-corrected chi connectivity index (χ2v) is 2.89. The SMILES string of the molecule is Cc1nonc1/[N+]([O-])=[N+](\[O-])c1nonc1C. The van der Waals surface area contributed by atoms with E-state index in [4.69, 9.17) is 0 Å². The van der Waals surface area contributed by atoms with Gasteiger partial charge in [-0.2, -0.15) is 0 Å². The molecule has 0 amide bonds. The first-order valence-corrected chi connectivity index (χ1v) is 4.14. The molecule has 0 aromatic carbocycles. The fourth-order valence-electron chi connectivity index (χ4n) is 0.973. The largest absolute Gasteiger partial charge is 0.675 e. The van der Waals surface area contributed by atoms with Crippen molar-refractivity contribution >= 4 is 11.6 Å². The van der Waals surface area contributed by atoms with E-state index in [1.165, 1.54) is 13.8 Å². The van der Waals surface area contributed by atoms with Crippen molar-refractivity contribution in [3.8, 4) is 0 Å². The van der Waals surface area contributed by atoms with Crippen molar-refractivity contribution in [2.75, 3.05) is 0 Å². The highest BCUT2D eigenvalue weighted by Gasteiger charge is 2.24. The van der Waals surface area contributed by atoms with Gasteiger partial charge in [0, 0.05) is 0 Å². The topological polar surface area (TPSA) is 130 Å². The zero-order valence-electron chi connectivity index (χ0n) is 8.32. The Kier molecular flexibility index (Phi) is 2.23. The van der Waals surface area contributed by atoms with E-state index in [1.807, 2.05) is 0 Å². The summed E-state index contributed by atoms with van der Waals surface area (Å²) in [5.41, 5.74) is 0.370. The van der Waals surface area contributed by atoms with Crippen LogP contribution in [0.15, 0.2) is 9.26 Å². The van der Waals surface area contributed by atoms with Crippen molar-refractivity contribution in [1.82, 2.24) is 20.6 Å². The molecule has 0 spiro atoms. The number of nitrogens with zero attached hydrogens (tertiary/aromatic N) is 6. The van der Waals surface area contributed by atoms with E-state index in [2.05, 4.69) is 29.9 Å². The van der Waals surface area contributed by atoms with Gasteiger partial charge in [-0.3, -0.25) is 0 Å². The second-order valence-electron chi connectivity index (χ2n) is 2.89. The Labute approximate surface area is 87.9 Å². The van der Waals surface area contributed by atoms with Crippen molar-refractivity contribution < 1.29 is 19.0 Å². The Morgan fingerprint density at radius 1 is 0.812 bits per heavy atom. The average Bonchev–Trinajstić information content (AvgIpc) is 2.85. The van der Waals surface area contributed by atoms with Gasteiger partial charge < -0.3 is 10.4 Å². The predicted octanol–water partition coefficient (Wildman–Crippen LogP) is 0.505. The number of aromatic nitrogens is 4. The minimum absolute atomic E-state index is 0.0572. The van der Waals surface area contributed by atoms with Crippen LogP contribution in [0.4, 0.5) is 11.6 Å². The molecule has 0 radical (unpaired) electrons. The molecule has 0 aliphatic rings. The summed E-state index contributed by atoms with van der Waals surface area (Å²) in [4.78, 5) is -0.114. The zero-order chi connectivity index (χ0) is 11.7. The van der Waals surface area contributed by atoms with Gasteiger partial charge >= 0.3 is 11.6 Å². The lowest BCUT2D eigenvalue weighted by Crippen LogP contribution is -2.10. The van der Waals surface area contributed by atoms with Gasteiger partial charge in [-0.25, -0.2) is 0 Å². The average molecular weight is 226 g/mol. The molecular weight excluding hydrogens is 220 g/mol. The molecular formula is C6H6N6O4. The highest BCUT2D eigenvalue weighted by molar-refractivity contribution is 5.21. The summed E-state index contributed by atoms with van der Waals surface area (Å²) in [7, 11) is 0. The quantitative estimate of drug-likeness (QED) is 0.411. The number of hydrogen-bond acceptors (Lipinski definition) is 8. The van der Waals surface area contributed by atoms with Crippen LogP contribution in [-0.2, 0) is 0 Å². The number of azo groups is 1. The fraction of sp³-hybridized carbons (Fsp3) is 0.333. The lowest BCUT2D eigenvalue weighted by atomic mass is 10.5. The summed E-state index contributed by atoms with van der Waals surface area (Å²) < 4.78 is 8.59. The Hall–Kier alpha value is -2.52. The number of rotatable bonds is 2. The highest BCUT2D eigenvalue weighted by atomic mass is 16.6. The van der Waals surface area contributed by atoms with Gasteiger partial charge in [-0.05, 0) is 24.2 Å². The molecule has 0 aliphatic carbocycles. The molecule has 2 aromatic heterocycles. The molecule has 0 aliphatic heterocycles. The van der Waals surface area contributed by atoms with Crippen LogP contribution in [0.3, 0.4) is 0 Å². The Balaban J connectivity index is 2.51. The van der Waals surface area contributed by atoms with Crippen molar-refractivity contribution in [3.63, 3.8) is 0 Å². The zero-order valence-corrected chi connectivity index (χ0v) is 8.32. The maximum Gasteiger partial charge on any atom is 0.437 e. The van der Waals surface area contributed by atoms with E-state index < -0.39 is 0 Å². The van der Waals surface area contributed by atoms with Crippen LogP contribution in [0.25, 0.3) is 0 Å². The van der Waals surface area contributed by atoms with Gasteiger partial charge in [0.15, 0.2) is 21.7 Å². The minimum Gasteiger partial charge on any atom is -0.675 e. The summed E-state index contributed by atoms with van der Waals surface area (Å²) in [6, 6.07) is 0. The third-order valence-electron chi connectivity index (χ3n) is 1.78. The summed E-state index contributed by atoms with van der Waals surface area (Å²) in [5.74, 6) is -0.505. The summed E-state index contributed by atoms with van der Waals surface area (Å²) >= 11 is 0. The number of aryl methyl sites for hydroxylation is 2. The molecule has 0 unspecified atom stereocenters. The smallest absolute Gasteiger partial charge is 0.437 e. The van der Waals surface area contributed by atoms with E-state index >= 15 is 0 Å². The summed E-state index contributed by atoms with van der Waals surface area (Å²) in [6.07, 6.45) is 0. The van der Waals surface area contributed by atoms with Crippen LogP contribution in [0.2, 0.25) is 0 Å². The normalized spacial score (nSPS) is 12.6. The first kappa shape index (κ1) is 10.0. The molecule has 0 saturated heterocycles. The fourth-order valence-corrected chi connectivity index (χ4v) is 0.973. The molecule has 0 N–H and O–H groups in total. The first-order valence-electron chi connectivity index (χ1n) is 4.14. The van der Waals surface area contributed by atoms with Crippen LogP contribution in [0.5, 0.6) is 0 Å². The maximum absolute atomic E-state index is 11.5. The maximum atomic E-state index is 11.5. The monoisotopic (exact) mass is 226 g/mol. The molecule has 10 nitrogen and oxygen atoms in total. The summed E-state index contributed by atoms with van der Waals surface area (Å²) in [5, 5.41) is 36.4. The van der Waals surface area contributed by atoms with Gasteiger partial charge in [0.05, 0.1) is 0 Å². The van der Waals surface area contributed by atoms with Crippen molar-refractivity contribution in [1.29, 1.82) is 0 Å². The molecule has 0 bridgehead atoms.